The van der Waals surface area contributed by atoms with Crippen molar-refractivity contribution < 1.29 is 18.1 Å². The van der Waals surface area contributed by atoms with Gasteiger partial charge in [-0.2, -0.15) is 0 Å². The van der Waals surface area contributed by atoms with Crippen LogP contribution >= 0.6 is 0 Å². The number of rotatable bonds is 8. The van der Waals surface area contributed by atoms with Gasteiger partial charge in [0.2, 0.25) is 0 Å². The SMILES string of the molecule is COc1ccc(C2=N/C(=C\c3c(-c4ccccc4)cc(-c4ccc(OC)cc4)n3B(F)F)C(c3ccccc3)=C2)cc1. The third-order valence-corrected chi connectivity index (χ3v) is 7.28. The highest BCUT2D eigenvalue weighted by Crippen LogP contribution is 2.39. The lowest BCUT2D eigenvalue weighted by Gasteiger charge is -2.11. The van der Waals surface area contributed by atoms with Crippen LogP contribution in [0.1, 0.15) is 16.8 Å². The molecule has 1 aliphatic heterocycles. The highest BCUT2D eigenvalue weighted by atomic mass is 19.2. The van der Waals surface area contributed by atoms with Gasteiger partial charge in [0, 0.05) is 28.1 Å². The summed E-state index contributed by atoms with van der Waals surface area (Å²) < 4.78 is 41.7. The summed E-state index contributed by atoms with van der Waals surface area (Å²) in [5.41, 5.74) is 7.01. The molecule has 0 unspecified atom stereocenters. The fourth-order valence-electron chi connectivity index (χ4n) is 5.16. The molecule has 0 atom stereocenters. The largest absolute Gasteiger partial charge is 0.678 e. The van der Waals surface area contributed by atoms with Crippen LogP contribution in [0.3, 0.4) is 0 Å². The van der Waals surface area contributed by atoms with Gasteiger partial charge in [0.25, 0.3) is 0 Å². The molecule has 4 nitrogen and oxygen atoms in total. The normalized spacial score (nSPS) is 13.6. The van der Waals surface area contributed by atoms with Crippen LogP contribution in [0.2, 0.25) is 0 Å². The summed E-state index contributed by atoms with van der Waals surface area (Å²) in [7, 11) is 0.412. The highest BCUT2D eigenvalue weighted by molar-refractivity contribution is 6.42. The first kappa shape index (κ1) is 27.0. The molecule has 0 N–H and O–H groups in total. The lowest BCUT2D eigenvalue weighted by molar-refractivity contribution is 0.414. The molecule has 0 spiro atoms. The smallest absolute Gasteiger partial charge is 0.497 e. The number of halogens is 2. The molecule has 0 saturated carbocycles. The number of hydrogen-bond donors (Lipinski definition) is 0. The number of methoxy groups -OCH3 is 2. The minimum atomic E-state index is -2.79. The molecule has 0 radical (unpaired) electrons. The fourth-order valence-corrected chi connectivity index (χ4v) is 5.16. The van der Waals surface area contributed by atoms with Crippen LogP contribution in [0.15, 0.2) is 132 Å². The average Bonchev–Trinajstić information content (AvgIpc) is 3.64. The predicted molar refractivity (Wildman–Crippen MR) is 167 cm³/mol. The minimum Gasteiger partial charge on any atom is -0.497 e. The molecule has 0 bridgehead atoms. The van der Waals surface area contributed by atoms with E-state index in [0.29, 0.717) is 34.0 Å². The van der Waals surface area contributed by atoms with E-state index in [-0.39, 0.29) is 0 Å². The zero-order valence-corrected chi connectivity index (χ0v) is 23.2. The van der Waals surface area contributed by atoms with Crippen molar-refractivity contribution in [2.75, 3.05) is 14.2 Å². The molecule has 1 aromatic heterocycles. The van der Waals surface area contributed by atoms with Crippen LogP contribution in [0.4, 0.5) is 8.63 Å². The van der Waals surface area contributed by atoms with Gasteiger partial charge < -0.3 is 14.0 Å². The molecule has 6 rings (SSSR count). The molecule has 206 valence electrons. The Bertz CT molecular complexity index is 1790. The van der Waals surface area contributed by atoms with E-state index in [1.165, 1.54) is 0 Å². The number of aliphatic imine (C=N–C) groups is 1. The lowest BCUT2D eigenvalue weighted by atomic mass is 9.99. The second kappa shape index (κ2) is 11.7. The molecule has 0 fully saturated rings. The van der Waals surface area contributed by atoms with Crippen molar-refractivity contribution in [3.05, 3.63) is 144 Å². The Morgan fingerprint density at radius 1 is 0.667 bits per heavy atom. The third kappa shape index (κ3) is 5.29. The zero-order chi connectivity index (χ0) is 29.1. The summed E-state index contributed by atoms with van der Waals surface area (Å²) in [4.78, 5) is 4.98. The molecule has 4 aromatic carbocycles. The number of nitrogens with zero attached hydrogens (tertiary/aromatic N) is 2. The van der Waals surface area contributed by atoms with Crippen molar-refractivity contribution >= 4 is 24.8 Å². The monoisotopic (exact) mass is 556 g/mol. The number of allylic oxidation sites excluding steroid dienone is 2. The van der Waals surface area contributed by atoms with Gasteiger partial charge in [-0.05, 0) is 83.4 Å². The molecular weight excluding hydrogens is 529 g/mol. The first-order chi connectivity index (χ1) is 20.6. The van der Waals surface area contributed by atoms with Crippen LogP contribution < -0.4 is 9.47 Å². The van der Waals surface area contributed by atoms with E-state index < -0.39 is 7.40 Å². The molecule has 0 amide bonds. The average molecular weight is 556 g/mol. The summed E-state index contributed by atoms with van der Waals surface area (Å²) in [5.74, 6) is 1.40. The van der Waals surface area contributed by atoms with Gasteiger partial charge in [0.1, 0.15) is 11.5 Å². The molecule has 7 heteroatoms. The standard InChI is InChI=1S/C35H27BF2N2O2/c1-41-28-17-13-26(14-18-28)32-21-30(24-9-5-3-6-10-24)33(39-32)23-35-31(25-11-7-4-8-12-25)22-34(40(35)36(37)38)27-15-19-29(42-2)20-16-27/h3-23H,1-2H3/b33-23-. The predicted octanol–water partition coefficient (Wildman–Crippen LogP) is 8.54. The summed E-state index contributed by atoms with van der Waals surface area (Å²) in [6, 6.07) is 36.1. The lowest BCUT2D eigenvalue weighted by Crippen LogP contribution is -2.16. The van der Waals surface area contributed by atoms with E-state index in [2.05, 4.69) is 0 Å². The van der Waals surface area contributed by atoms with E-state index in [4.69, 9.17) is 14.5 Å². The molecule has 1 aliphatic rings. The number of aromatic nitrogens is 1. The second-order valence-corrected chi connectivity index (χ2v) is 9.75. The van der Waals surface area contributed by atoms with Crippen LogP contribution in [-0.2, 0) is 0 Å². The Hall–Kier alpha value is -5.17. The second-order valence-electron chi connectivity index (χ2n) is 9.75. The Morgan fingerprint density at radius 3 is 1.76 bits per heavy atom. The Balaban J connectivity index is 1.57. The van der Waals surface area contributed by atoms with Gasteiger partial charge in [0.05, 0.1) is 25.6 Å². The van der Waals surface area contributed by atoms with Crippen molar-refractivity contribution in [3.8, 4) is 33.9 Å². The quantitative estimate of drug-likeness (QED) is 0.180. The van der Waals surface area contributed by atoms with Crippen LogP contribution in [-0.4, -0.2) is 31.8 Å². The Labute approximate surface area is 244 Å². The molecule has 42 heavy (non-hydrogen) atoms. The molecular formula is C35H27BF2N2O2. The number of benzene rings is 4. The van der Waals surface area contributed by atoms with E-state index in [9.17, 15) is 0 Å². The van der Waals surface area contributed by atoms with Crippen LogP contribution in [0.5, 0.6) is 11.5 Å². The van der Waals surface area contributed by atoms with Crippen molar-refractivity contribution in [3.63, 3.8) is 0 Å². The van der Waals surface area contributed by atoms with Crippen molar-refractivity contribution in [2.24, 2.45) is 4.99 Å². The van der Waals surface area contributed by atoms with Crippen molar-refractivity contribution in [1.29, 1.82) is 0 Å². The summed E-state index contributed by atoms with van der Waals surface area (Å²) in [6.07, 6.45) is 3.78. The first-order valence-corrected chi connectivity index (χ1v) is 13.5. The van der Waals surface area contributed by atoms with Crippen molar-refractivity contribution in [1.82, 2.24) is 4.48 Å². The van der Waals surface area contributed by atoms with Gasteiger partial charge in [-0.15, -0.1) is 0 Å². The van der Waals surface area contributed by atoms with Gasteiger partial charge >= 0.3 is 7.40 Å². The Morgan fingerprint density at radius 2 is 1.21 bits per heavy atom. The van der Waals surface area contributed by atoms with Crippen molar-refractivity contribution in [2.45, 2.75) is 0 Å². The van der Waals surface area contributed by atoms with E-state index in [1.54, 1.807) is 44.6 Å². The minimum absolute atomic E-state index is 0.374. The molecule has 0 aliphatic carbocycles. The van der Waals surface area contributed by atoms with Crippen LogP contribution in [0.25, 0.3) is 34.0 Å². The van der Waals surface area contributed by atoms with E-state index in [0.717, 1.165) is 38.2 Å². The topological polar surface area (TPSA) is 35.8 Å². The number of ether oxygens (including phenoxy) is 2. The summed E-state index contributed by atoms with van der Waals surface area (Å²) in [5, 5.41) is 0. The van der Waals surface area contributed by atoms with E-state index >= 15 is 8.63 Å². The van der Waals surface area contributed by atoms with E-state index in [1.807, 2.05) is 97.1 Å². The van der Waals surface area contributed by atoms with Gasteiger partial charge in [-0.3, -0.25) is 8.63 Å². The first-order valence-electron chi connectivity index (χ1n) is 13.5. The molecule has 2 heterocycles. The van der Waals surface area contributed by atoms with Gasteiger partial charge in [-0.1, -0.05) is 60.7 Å². The maximum Gasteiger partial charge on any atom is 0.678 e. The Kier molecular flexibility index (Phi) is 7.56. The molecule has 0 saturated heterocycles. The molecule has 5 aromatic rings. The third-order valence-electron chi connectivity index (χ3n) is 7.28. The highest BCUT2D eigenvalue weighted by Gasteiger charge is 2.28. The zero-order valence-electron chi connectivity index (χ0n) is 23.2. The van der Waals surface area contributed by atoms with Gasteiger partial charge in [-0.25, -0.2) is 4.99 Å². The fraction of sp³-hybridized carbons (Fsp3) is 0.0571. The summed E-state index contributed by atoms with van der Waals surface area (Å²) in [6.45, 7) is 0. The maximum atomic E-state index is 15.0. The maximum absolute atomic E-state index is 15.0. The number of hydrogen-bond acceptors (Lipinski definition) is 3. The summed E-state index contributed by atoms with van der Waals surface area (Å²) >= 11 is 0. The van der Waals surface area contributed by atoms with Crippen LogP contribution in [0, 0.1) is 0 Å². The van der Waals surface area contributed by atoms with Gasteiger partial charge in [0.15, 0.2) is 0 Å².